The van der Waals surface area contributed by atoms with Gasteiger partial charge in [0.25, 0.3) is 0 Å². The van der Waals surface area contributed by atoms with Gasteiger partial charge in [-0.2, -0.15) is 0 Å². The maximum atomic E-state index is 10.8. The Morgan fingerprint density at radius 3 is 2.25 bits per heavy atom. The number of ether oxygens (including phenoxy) is 1. The van der Waals surface area contributed by atoms with Gasteiger partial charge in [0, 0.05) is 5.56 Å². The van der Waals surface area contributed by atoms with Crippen LogP contribution in [0.3, 0.4) is 0 Å². The molecule has 0 heterocycles. The summed E-state index contributed by atoms with van der Waals surface area (Å²) in [6, 6.07) is 1.97. The van der Waals surface area contributed by atoms with Gasteiger partial charge < -0.3 is 14.9 Å². The minimum atomic E-state index is -1.38. The molecule has 6 nitrogen and oxygen atoms in total. The molecule has 0 fully saturated rings. The summed E-state index contributed by atoms with van der Waals surface area (Å²) >= 11 is 0. The Kier molecular flexibility index (Phi) is 3.24. The summed E-state index contributed by atoms with van der Waals surface area (Å²) in [4.78, 5) is 32.1. The van der Waals surface area contributed by atoms with Crippen LogP contribution in [-0.2, 0) is 4.79 Å². The largest absolute Gasteiger partial charge is 0.496 e. The van der Waals surface area contributed by atoms with Gasteiger partial charge in [-0.15, -0.1) is 0 Å². The van der Waals surface area contributed by atoms with Gasteiger partial charge in [0.2, 0.25) is 6.29 Å². The monoisotopic (exact) mass is 223 g/mol. The topological polar surface area (TPSA) is 101 Å². The van der Waals surface area contributed by atoms with E-state index in [1.165, 1.54) is 13.4 Å². The van der Waals surface area contributed by atoms with Gasteiger partial charge >= 0.3 is 11.9 Å². The van der Waals surface area contributed by atoms with Crippen LogP contribution in [0.4, 0.5) is 0 Å². The first-order valence-electron chi connectivity index (χ1n) is 4.08. The van der Waals surface area contributed by atoms with Crippen molar-refractivity contribution in [2.24, 2.45) is 0 Å². The third kappa shape index (κ3) is 2.00. The summed E-state index contributed by atoms with van der Waals surface area (Å²) in [5.74, 6) is -2.86. The predicted molar refractivity (Wildman–Crippen MR) is 51.7 cm³/mol. The number of methoxy groups -OCH3 is 1. The molecule has 0 unspecified atom stereocenters. The fourth-order valence-electron chi connectivity index (χ4n) is 1.20. The molecule has 0 aromatic heterocycles. The Bertz CT molecular complexity index is 463. The maximum Gasteiger partial charge on any atom is 0.340 e. The number of carboxylic acid groups (broad SMARTS) is 2. The minimum absolute atomic E-state index is 0.189. The van der Waals surface area contributed by atoms with Crippen LogP contribution < -0.4 is 4.74 Å². The predicted octanol–water partition coefficient (Wildman–Crippen LogP) is 0.549. The summed E-state index contributed by atoms with van der Waals surface area (Å²) in [6.07, 6.45) is 1.37. The Labute approximate surface area is 90.1 Å². The van der Waals surface area contributed by atoms with E-state index in [-0.39, 0.29) is 16.9 Å². The summed E-state index contributed by atoms with van der Waals surface area (Å²) in [5.41, 5.74) is -0.994. The molecule has 0 amide bonds. The van der Waals surface area contributed by atoms with E-state index in [1.54, 1.807) is 0 Å². The van der Waals surface area contributed by atoms with Crippen LogP contribution in [0.2, 0.25) is 0 Å². The second-order valence-corrected chi connectivity index (χ2v) is 2.81. The molecule has 16 heavy (non-hydrogen) atoms. The third-order valence-electron chi connectivity index (χ3n) is 1.89. The van der Waals surface area contributed by atoms with Gasteiger partial charge in [-0.1, -0.05) is 0 Å². The molecule has 6 heteroatoms. The Balaban J connectivity index is 3.55. The molecule has 0 saturated heterocycles. The molecule has 0 spiro atoms. The second kappa shape index (κ2) is 4.43. The average molecular weight is 223 g/mol. The molecule has 0 aliphatic heterocycles. The molecule has 83 valence electrons. The van der Waals surface area contributed by atoms with E-state index in [4.69, 9.17) is 14.9 Å². The van der Waals surface area contributed by atoms with Gasteiger partial charge in [-0.25, -0.2) is 9.59 Å². The normalized spacial score (nSPS) is 9.56. The van der Waals surface area contributed by atoms with Crippen molar-refractivity contribution in [3.05, 3.63) is 28.8 Å². The third-order valence-corrected chi connectivity index (χ3v) is 1.89. The fraction of sp³-hybridized carbons (Fsp3) is 0.100. The van der Waals surface area contributed by atoms with Crippen molar-refractivity contribution >= 4 is 18.2 Å². The van der Waals surface area contributed by atoms with Crippen LogP contribution in [0.15, 0.2) is 12.1 Å². The number of rotatable bonds is 4. The van der Waals surface area contributed by atoms with E-state index in [0.29, 0.717) is 0 Å². The molecular formula is C10H7O6. The molecule has 0 aliphatic rings. The number of hydrogen-bond donors (Lipinski definition) is 2. The van der Waals surface area contributed by atoms with Crippen LogP contribution in [0.5, 0.6) is 5.75 Å². The van der Waals surface area contributed by atoms with E-state index in [2.05, 4.69) is 0 Å². The van der Waals surface area contributed by atoms with Crippen LogP contribution in [0.1, 0.15) is 26.3 Å². The highest BCUT2D eigenvalue weighted by Crippen LogP contribution is 2.23. The first-order valence-corrected chi connectivity index (χ1v) is 4.08. The van der Waals surface area contributed by atoms with E-state index in [1.807, 2.05) is 0 Å². The number of carbonyl (C=O) groups excluding carboxylic acids is 1. The van der Waals surface area contributed by atoms with Crippen LogP contribution in [0.25, 0.3) is 0 Å². The average Bonchev–Trinajstić information content (AvgIpc) is 2.26. The van der Waals surface area contributed by atoms with Gasteiger partial charge in [-0.3, -0.25) is 4.79 Å². The number of hydrogen-bond acceptors (Lipinski definition) is 4. The summed E-state index contributed by atoms with van der Waals surface area (Å²) < 4.78 is 4.72. The standard InChI is InChI=1S/C10H7O6/c1-16-7-3-5(9(12)13)2-6(4-11)8(7)10(14)15/h2-3H,1H3,(H,12,13)(H,14,15). The first-order chi connectivity index (χ1) is 7.51. The molecule has 0 saturated carbocycles. The summed E-state index contributed by atoms with van der Waals surface area (Å²) in [7, 11) is 1.18. The minimum Gasteiger partial charge on any atom is -0.496 e. The lowest BCUT2D eigenvalue weighted by molar-refractivity contribution is 0.0677. The Morgan fingerprint density at radius 1 is 1.25 bits per heavy atom. The molecule has 1 rings (SSSR count). The van der Waals surface area contributed by atoms with Crippen molar-refractivity contribution in [1.29, 1.82) is 0 Å². The molecule has 0 atom stereocenters. The van der Waals surface area contributed by atoms with E-state index >= 15 is 0 Å². The van der Waals surface area contributed by atoms with Crippen molar-refractivity contribution in [3.63, 3.8) is 0 Å². The molecule has 0 aliphatic carbocycles. The van der Waals surface area contributed by atoms with Crippen LogP contribution in [-0.4, -0.2) is 35.5 Å². The lowest BCUT2D eigenvalue weighted by Gasteiger charge is -2.07. The lowest BCUT2D eigenvalue weighted by atomic mass is 10.0. The van der Waals surface area contributed by atoms with Gasteiger partial charge in [0.1, 0.15) is 11.3 Å². The van der Waals surface area contributed by atoms with Crippen LogP contribution in [0, 0.1) is 0 Å². The SMILES string of the molecule is COc1cc(C(=O)O)cc([C]=O)c1C(=O)O. The number of benzene rings is 1. The highest BCUT2D eigenvalue weighted by Gasteiger charge is 2.20. The first kappa shape index (κ1) is 11.7. The maximum absolute atomic E-state index is 10.8. The van der Waals surface area contributed by atoms with E-state index in [0.717, 1.165) is 12.1 Å². The fourth-order valence-corrected chi connectivity index (χ4v) is 1.20. The van der Waals surface area contributed by atoms with Gasteiger partial charge in [0.05, 0.1) is 12.7 Å². The molecule has 2 N–H and O–H groups in total. The lowest BCUT2D eigenvalue weighted by Crippen LogP contribution is -2.08. The van der Waals surface area contributed by atoms with Crippen molar-refractivity contribution in [1.82, 2.24) is 0 Å². The number of aromatic carboxylic acids is 2. The molecule has 1 aromatic rings. The molecule has 0 bridgehead atoms. The Morgan fingerprint density at radius 2 is 1.88 bits per heavy atom. The quantitative estimate of drug-likeness (QED) is 0.772. The van der Waals surface area contributed by atoms with Crippen molar-refractivity contribution in [2.75, 3.05) is 7.11 Å². The van der Waals surface area contributed by atoms with Crippen molar-refractivity contribution in [3.8, 4) is 5.75 Å². The zero-order valence-corrected chi connectivity index (χ0v) is 8.18. The number of carbonyl (C=O) groups is 2. The molecule has 1 radical (unpaired) electrons. The highest BCUT2D eigenvalue weighted by molar-refractivity contribution is 6.02. The van der Waals surface area contributed by atoms with Crippen molar-refractivity contribution in [2.45, 2.75) is 0 Å². The number of carboxylic acids is 2. The summed E-state index contributed by atoms with van der Waals surface area (Å²) in [5, 5.41) is 17.6. The highest BCUT2D eigenvalue weighted by atomic mass is 16.5. The van der Waals surface area contributed by atoms with Crippen LogP contribution >= 0.6 is 0 Å². The van der Waals surface area contributed by atoms with E-state index in [9.17, 15) is 14.4 Å². The second-order valence-electron chi connectivity index (χ2n) is 2.81. The molecular weight excluding hydrogens is 216 g/mol. The van der Waals surface area contributed by atoms with Gasteiger partial charge in [-0.05, 0) is 12.1 Å². The van der Waals surface area contributed by atoms with Crippen molar-refractivity contribution < 1.29 is 29.3 Å². The smallest absolute Gasteiger partial charge is 0.340 e. The van der Waals surface area contributed by atoms with Gasteiger partial charge in [0.15, 0.2) is 0 Å². The Hall–Kier alpha value is -2.37. The molecule has 1 aromatic carbocycles. The zero-order chi connectivity index (χ0) is 12.3. The zero-order valence-electron chi connectivity index (χ0n) is 8.18. The summed E-state index contributed by atoms with van der Waals surface area (Å²) in [6.45, 7) is 0. The van der Waals surface area contributed by atoms with E-state index < -0.39 is 17.5 Å².